The summed E-state index contributed by atoms with van der Waals surface area (Å²) in [5.41, 5.74) is 6.33. The van der Waals surface area contributed by atoms with Gasteiger partial charge in [-0.1, -0.05) is 12.2 Å². The number of amides is 1. The molecule has 0 radical (unpaired) electrons. The van der Waals surface area contributed by atoms with E-state index in [0.29, 0.717) is 12.2 Å². The number of benzene rings is 1. The first-order valence-corrected chi connectivity index (χ1v) is 6.80. The molecule has 0 spiro atoms. The lowest BCUT2D eigenvalue weighted by Crippen LogP contribution is -2.51. The third-order valence-electron chi connectivity index (χ3n) is 3.57. The van der Waals surface area contributed by atoms with Gasteiger partial charge in [0.05, 0.1) is 6.04 Å². The number of hydrogen-bond donors (Lipinski definition) is 2. The molecule has 2 unspecified atom stereocenters. The predicted molar refractivity (Wildman–Crippen MR) is 77.8 cm³/mol. The summed E-state index contributed by atoms with van der Waals surface area (Å²) >= 11 is 0. The Balaban J connectivity index is 2.01. The molecule has 2 atom stereocenters. The molecule has 4 nitrogen and oxygen atoms in total. The largest absolute Gasteiger partial charge is 0.329 e. The van der Waals surface area contributed by atoms with E-state index < -0.39 is 0 Å². The van der Waals surface area contributed by atoms with E-state index in [4.69, 9.17) is 5.73 Å². The molecule has 0 saturated heterocycles. The quantitative estimate of drug-likeness (QED) is 0.824. The van der Waals surface area contributed by atoms with Gasteiger partial charge in [-0.15, -0.1) is 0 Å². The van der Waals surface area contributed by atoms with Crippen LogP contribution in [0.4, 0.5) is 10.1 Å². The fourth-order valence-corrected chi connectivity index (χ4v) is 2.38. The lowest BCUT2D eigenvalue weighted by atomic mass is 10.1. The molecular weight excluding hydrogens is 257 g/mol. The molecule has 0 fully saturated rings. The number of nitrogens with zero attached hydrogens (tertiary/aromatic N) is 1. The minimum absolute atomic E-state index is 0.0951. The molecular formula is C15H20FN3O. The summed E-state index contributed by atoms with van der Waals surface area (Å²) in [4.78, 5) is 14.3. The van der Waals surface area contributed by atoms with E-state index in [1.807, 2.05) is 13.0 Å². The highest BCUT2D eigenvalue weighted by Crippen LogP contribution is 2.15. The van der Waals surface area contributed by atoms with Crippen molar-refractivity contribution in [1.82, 2.24) is 4.90 Å². The van der Waals surface area contributed by atoms with Gasteiger partial charge in [0, 0.05) is 24.8 Å². The van der Waals surface area contributed by atoms with Crippen molar-refractivity contribution in [3.05, 3.63) is 42.2 Å². The van der Waals surface area contributed by atoms with Crippen LogP contribution >= 0.6 is 0 Å². The minimum Gasteiger partial charge on any atom is -0.329 e. The van der Waals surface area contributed by atoms with Crippen molar-refractivity contribution in [2.45, 2.75) is 25.4 Å². The monoisotopic (exact) mass is 277 g/mol. The van der Waals surface area contributed by atoms with Gasteiger partial charge >= 0.3 is 0 Å². The summed E-state index contributed by atoms with van der Waals surface area (Å²) < 4.78 is 12.8. The summed E-state index contributed by atoms with van der Waals surface area (Å²) in [5.74, 6) is -0.425. The number of carbonyl (C=O) groups is 1. The molecule has 1 aromatic rings. The second-order valence-electron chi connectivity index (χ2n) is 4.93. The fourth-order valence-electron chi connectivity index (χ4n) is 2.38. The lowest BCUT2D eigenvalue weighted by Gasteiger charge is -2.35. The van der Waals surface area contributed by atoms with Crippen LogP contribution in [0.2, 0.25) is 0 Å². The zero-order chi connectivity index (χ0) is 14.5. The first-order valence-electron chi connectivity index (χ1n) is 6.80. The molecule has 2 rings (SSSR count). The van der Waals surface area contributed by atoms with Crippen LogP contribution in [0.1, 0.15) is 13.3 Å². The van der Waals surface area contributed by atoms with Crippen LogP contribution in [0.25, 0.3) is 0 Å². The number of nitrogens with one attached hydrogen (secondary N) is 1. The number of halogens is 1. The van der Waals surface area contributed by atoms with Gasteiger partial charge in [0.2, 0.25) is 5.91 Å². The summed E-state index contributed by atoms with van der Waals surface area (Å²) in [5, 5.41) is 2.80. The van der Waals surface area contributed by atoms with E-state index in [9.17, 15) is 9.18 Å². The number of carbonyl (C=O) groups excluding carboxylic acids is 1. The Morgan fingerprint density at radius 2 is 2.20 bits per heavy atom. The lowest BCUT2D eigenvalue weighted by molar-refractivity contribution is -0.121. The first kappa shape index (κ1) is 14.7. The van der Waals surface area contributed by atoms with Crippen molar-refractivity contribution in [3.63, 3.8) is 0 Å². The SMILES string of the molecule is CC(C(=O)Nc1ccc(F)cc1)N1CCC=CC1CN. The van der Waals surface area contributed by atoms with Crippen LogP contribution in [0, 0.1) is 5.82 Å². The van der Waals surface area contributed by atoms with Crippen LogP contribution in [0.3, 0.4) is 0 Å². The molecule has 1 amide bonds. The van der Waals surface area contributed by atoms with Crippen molar-refractivity contribution in [2.75, 3.05) is 18.4 Å². The Kier molecular flexibility index (Phi) is 4.87. The van der Waals surface area contributed by atoms with Crippen LogP contribution in [0.5, 0.6) is 0 Å². The van der Waals surface area contributed by atoms with Gasteiger partial charge in [-0.25, -0.2) is 4.39 Å². The molecule has 1 aliphatic rings. The second kappa shape index (κ2) is 6.63. The zero-order valence-electron chi connectivity index (χ0n) is 11.6. The topological polar surface area (TPSA) is 58.4 Å². The van der Waals surface area contributed by atoms with E-state index in [2.05, 4.69) is 16.3 Å². The molecule has 1 aliphatic heterocycles. The Morgan fingerprint density at radius 3 is 2.85 bits per heavy atom. The maximum absolute atomic E-state index is 12.8. The highest BCUT2D eigenvalue weighted by Gasteiger charge is 2.27. The van der Waals surface area contributed by atoms with Crippen molar-refractivity contribution in [1.29, 1.82) is 0 Å². The van der Waals surface area contributed by atoms with Gasteiger partial charge in [0.25, 0.3) is 0 Å². The van der Waals surface area contributed by atoms with Gasteiger partial charge < -0.3 is 11.1 Å². The average molecular weight is 277 g/mol. The van der Waals surface area contributed by atoms with Crippen LogP contribution < -0.4 is 11.1 Å². The van der Waals surface area contributed by atoms with E-state index in [-0.39, 0.29) is 23.8 Å². The standard InChI is InChI=1S/C15H20FN3O/c1-11(19-9-3-2-4-14(19)10-17)15(20)18-13-7-5-12(16)6-8-13/h2,4-8,11,14H,3,9-10,17H2,1H3,(H,18,20). The van der Waals surface area contributed by atoms with E-state index in [1.165, 1.54) is 12.1 Å². The second-order valence-corrected chi connectivity index (χ2v) is 4.93. The highest BCUT2D eigenvalue weighted by atomic mass is 19.1. The van der Waals surface area contributed by atoms with Gasteiger partial charge in [-0.3, -0.25) is 9.69 Å². The van der Waals surface area contributed by atoms with E-state index >= 15 is 0 Å². The zero-order valence-corrected chi connectivity index (χ0v) is 11.6. The van der Waals surface area contributed by atoms with Crippen molar-refractivity contribution >= 4 is 11.6 Å². The molecule has 0 aromatic heterocycles. The summed E-state index contributed by atoms with van der Waals surface area (Å²) in [6.45, 7) is 3.17. The summed E-state index contributed by atoms with van der Waals surface area (Å²) in [6.07, 6.45) is 5.06. The van der Waals surface area contributed by atoms with Crippen molar-refractivity contribution < 1.29 is 9.18 Å². The molecule has 0 bridgehead atoms. The van der Waals surface area contributed by atoms with E-state index in [1.54, 1.807) is 12.1 Å². The maximum Gasteiger partial charge on any atom is 0.241 e. The van der Waals surface area contributed by atoms with Crippen LogP contribution in [0.15, 0.2) is 36.4 Å². The van der Waals surface area contributed by atoms with Gasteiger partial charge in [0.1, 0.15) is 5.82 Å². The number of anilines is 1. The average Bonchev–Trinajstić information content (AvgIpc) is 2.48. The minimum atomic E-state index is -0.319. The molecule has 3 N–H and O–H groups in total. The Labute approximate surface area is 118 Å². The molecule has 5 heteroatoms. The predicted octanol–water partition coefficient (Wildman–Crippen LogP) is 1.74. The maximum atomic E-state index is 12.8. The fraction of sp³-hybridized carbons (Fsp3) is 0.400. The van der Waals surface area contributed by atoms with Crippen molar-refractivity contribution in [3.8, 4) is 0 Å². The van der Waals surface area contributed by atoms with E-state index in [0.717, 1.165) is 13.0 Å². The van der Waals surface area contributed by atoms with Crippen LogP contribution in [-0.4, -0.2) is 36.0 Å². The molecule has 1 heterocycles. The molecule has 0 saturated carbocycles. The number of nitrogens with two attached hydrogens (primary N) is 1. The number of hydrogen-bond acceptors (Lipinski definition) is 3. The first-order chi connectivity index (χ1) is 9.61. The normalized spacial score (nSPS) is 20.6. The molecule has 1 aromatic carbocycles. The van der Waals surface area contributed by atoms with Crippen molar-refractivity contribution in [2.24, 2.45) is 5.73 Å². The van der Waals surface area contributed by atoms with Gasteiger partial charge in [0.15, 0.2) is 0 Å². The number of rotatable bonds is 4. The molecule has 108 valence electrons. The Hall–Kier alpha value is -1.72. The molecule has 20 heavy (non-hydrogen) atoms. The third kappa shape index (κ3) is 3.43. The third-order valence-corrected chi connectivity index (χ3v) is 3.57. The summed E-state index contributed by atoms with van der Waals surface area (Å²) in [7, 11) is 0. The smallest absolute Gasteiger partial charge is 0.241 e. The van der Waals surface area contributed by atoms with Gasteiger partial charge in [-0.05, 0) is 37.6 Å². The highest BCUT2D eigenvalue weighted by molar-refractivity contribution is 5.94. The Morgan fingerprint density at radius 1 is 1.50 bits per heavy atom. The summed E-state index contributed by atoms with van der Waals surface area (Å²) in [6, 6.07) is 5.57. The Bertz CT molecular complexity index is 486. The van der Waals surface area contributed by atoms with Crippen LogP contribution in [-0.2, 0) is 4.79 Å². The van der Waals surface area contributed by atoms with Gasteiger partial charge in [-0.2, -0.15) is 0 Å². The molecule has 0 aliphatic carbocycles.